The largest absolute Gasteiger partial charge is 0.364 e. The van der Waals surface area contributed by atoms with E-state index < -0.39 is 0 Å². The number of nitrogens with zero attached hydrogens (tertiary/aromatic N) is 1. The number of hydrogen-bond acceptors (Lipinski definition) is 3. The number of carbonyl (C=O) groups excluding carboxylic acids is 1. The van der Waals surface area contributed by atoms with Crippen molar-refractivity contribution in [3.63, 3.8) is 0 Å². The summed E-state index contributed by atoms with van der Waals surface area (Å²) in [5.41, 5.74) is 0.372. The molecular weight excluding hydrogens is 204 g/mol. The van der Waals surface area contributed by atoms with E-state index in [1.807, 2.05) is 0 Å². The third-order valence-electron chi connectivity index (χ3n) is 3.26. The van der Waals surface area contributed by atoms with E-state index in [1.165, 1.54) is 25.5 Å². The monoisotopic (exact) mass is 222 g/mol. The van der Waals surface area contributed by atoms with Gasteiger partial charge in [-0.25, -0.2) is 0 Å². The van der Waals surface area contributed by atoms with E-state index in [9.17, 15) is 4.79 Å². The van der Waals surface area contributed by atoms with Crippen LogP contribution in [-0.4, -0.2) is 17.1 Å². The SMILES string of the molecule is C[C@@H]1CCC[C@@H](NC(=O)c2ccon2)CC1. The Balaban J connectivity index is 1.87. The second-order valence-corrected chi connectivity index (χ2v) is 4.67. The first-order chi connectivity index (χ1) is 7.75. The zero-order chi connectivity index (χ0) is 11.4. The molecule has 0 aromatic carbocycles. The van der Waals surface area contributed by atoms with E-state index in [2.05, 4.69) is 21.9 Å². The second kappa shape index (κ2) is 5.14. The van der Waals surface area contributed by atoms with Crippen molar-refractivity contribution in [1.29, 1.82) is 0 Å². The highest BCUT2D eigenvalue weighted by Gasteiger charge is 2.19. The van der Waals surface area contributed by atoms with E-state index in [-0.39, 0.29) is 5.91 Å². The molecule has 1 fully saturated rings. The van der Waals surface area contributed by atoms with Gasteiger partial charge in [0.05, 0.1) is 0 Å². The Labute approximate surface area is 95.4 Å². The first-order valence-corrected chi connectivity index (χ1v) is 5.97. The first-order valence-electron chi connectivity index (χ1n) is 5.97. The summed E-state index contributed by atoms with van der Waals surface area (Å²) in [6.07, 6.45) is 7.24. The average Bonchev–Trinajstić information content (AvgIpc) is 2.72. The van der Waals surface area contributed by atoms with Gasteiger partial charge in [0.25, 0.3) is 5.91 Å². The molecule has 1 aliphatic carbocycles. The van der Waals surface area contributed by atoms with Gasteiger partial charge in [0.1, 0.15) is 6.26 Å². The zero-order valence-electron chi connectivity index (χ0n) is 9.61. The minimum Gasteiger partial charge on any atom is -0.364 e. The van der Waals surface area contributed by atoms with Crippen LogP contribution in [0.1, 0.15) is 49.5 Å². The van der Waals surface area contributed by atoms with Crippen molar-refractivity contribution in [1.82, 2.24) is 10.5 Å². The maximum Gasteiger partial charge on any atom is 0.273 e. The van der Waals surface area contributed by atoms with Crippen LogP contribution < -0.4 is 5.32 Å². The third kappa shape index (κ3) is 2.84. The van der Waals surface area contributed by atoms with Crippen molar-refractivity contribution >= 4 is 5.91 Å². The van der Waals surface area contributed by atoms with Crippen molar-refractivity contribution in [2.24, 2.45) is 5.92 Å². The first kappa shape index (κ1) is 11.2. The van der Waals surface area contributed by atoms with Gasteiger partial charge in [-0.1, -0.05) is 24.9 Å². The molecule has 0 spiro atoms. The molecule has 2 atom stereocenters. The molecule has 1 aliphatic rings. The Morgan fingerprint density at radius 3 is 3.06 bits per heavy atom. The van der Waals surface area contributed by atoms with Crippen LogP contribution in [-0.2, 0) is 0 Å². The van der Waals surface area contributed by atoms with Crippen molar-refractivity contribution in [2.45, 2.75) is 45.1 Å². The van der Waals surface area contributed by atoms with Crippen LogP contribution in [0.2, 0.25) is 0 Å². The lowest BCUT2D eigenvalue weighted by Gasteiger charge is -2.15. The van der Waals surface area contributed by atoms with Crippen LogP contribution in [0.4, 0.5) is 0 Å². The number of carbonyl (C=O) groups is 1. The van der Waals surface area contributed by atoms with Crippen molar-refractivity contribution in [3.05, 3.63) is 18.0 Å². The summed E-state index contributed by atoms with van der Waals surface area (Å²) in [4.78, 5) is 11.7. The Kier molecular flexibility index (Phi) is 3.59. The Morgan fingerprint density at radius 1 is 1.44 bits per heavy atom. The van der Waals surface area contributed by atoms with Gasteiger partial charge in [0, 0.05) is 12.1 Å². The highest BCUT2D eigenvalue weighted by molar-refractivity contribution is 5.92. The van der Waals surface area contributed by atoms with Crippen molar-refractivity contribution in [3.8, 4) is 0 Å². The fourth-order valence-electron chi connectivity index (χ4n) is 2.22. The molecule has 0 saturated heterocycles. The minimum absolute atomic E-state index is 0.117. The maximum atomic E-state index is 11.7. The van der Waals surface area contributed by atoms with Gasteiger partial charge < -0.3 is 9.84 Å². The molecule has 4 heteroatoms. The molecule has 1 aromatic rings. The summed E-state index contributed by atoms with van der Waals surface area (Å²) < 4.78 is 4.66. The quantitative estimate of drug-likeness (QED) is 0.781. The maximum absolute atomic E-state index is 11.7. The van der Waals surface area contributed by atoms with E-state index in [0.717, 1.165) is 18.8 Å². The van der Waals surface area contributed by atoms with E-state index in [1.54, 1.807) is 6.07 Å². The molecule has 4 nitrogen and oxygen atoms in total. The van der Waals surface area contributed by atoms with E-state index in [4.69, 9.17) is 0 Å². The van der Waals surface area contributed by atoms with Crippen LogP contribution >= 0.6 is 0 Å². The lowest BCUT2D eigenvalue weighted by atomic mass is 10.0. The molecule has 0 radical (unpaired) electrons. The van der Waals surface area contributed by atoms with Gasteiger partial charge in [-0.05, 0) is 25.2 Å². The van der Waals surface area contributed by atoms with Gasteiger partial charge in [-0.3, -0.25) is 4.79 Å². The second-order valence-electron chi connectivity index (χ2n) is 4.67. The summed E-state index contributed by atoms with van der Waals surface area (Å²) in [6, 6.07) is 1.89. The number of rotatable bonds is 2. The van der Waals surface area contributed by atoms with Gasteiger partial charge in [0.2, 0.25) is 0 Å². The molecular formula is C12H18N2O2. The van der Waals surface area contributed by atoms with Crippen LogP contribution in [0.25, 0.3) is 0 Å². The fourth-order valence-corrected chi connectivity index (χ4v) is 2.22. The summed E-state index contributed by atoms with van der Waals surface area (Å²) in [6.45, 7) is 2.28. The lowest BCUT2D eigenvalue weighted by Crippen LogP contribution is -2.34. The van der Waals surface area contributed by atoms with Crippen LogP contribution in [0.3, 0.4) is 0 Å². The van der Waals surface area contributed by atoms with Gasteiger partial charge >= 0.3 is 0 Å². The molecule has 1 N–H and O–H groups in total. The molecule has 1 heterocycles. The summed E-state index contributed by atoms with van der Waals surface area (Å²) in [5.74, 6) is 0.669. The van der Waals surface area contributed by atoms with Gasteiger partial charge in [0.15, 0.2) is 5.69 Å². The lowest BCUT2D eigenvalue weighted by molar-refractivity contribution is 0.0924. The molecule has 1 saturated carbocycles. The molecule has 1 amide bonds. The minimum atomic E-state index is -0.117. The highest BCUT2D eigenvalue weighted by Crippen LogP contribution is 2.22. The summed E-state index contributed by atoms with van der Waals surface area (Å²) in [5, 5.41) is 6.65. The average molecular weight is 222 g/mol. The number of nitrogens with one attached hydrogen (secondary N) is 1. The Bertz CT molecular complexity index is 335. The Hall–Kier alpha value is -1.32. The smallest absolute Gasteiger partial charge is 0.273 e. The van der Waals surface area contributed by atoms with Crippen molar-refractivity contribution < 1.29 is 9.32 Å². The van der Waals surface area contributed by atoms with E-state index in [0.29, 0.717) is 11.7 Å². The van der Waals surface area contributed by atoms with Crippen molar-refractivity contribution in [2.75, 3.05) is 0 Å². The normalized spacial score (nSPS) is 26.1. The Morgan fingerprint density at radius 2 is 2.31 bits per heavy atom. The van der Waals surface area contributed by atoms with Crippen LogP contribution in [0.5, 0.6) is 0 Å². The molecule has 1 aromatic heterocycles. The molecule has 0 unspecified atom stereocenters. The number of amides is 1. The fraction of sp³-hybridized carbons (Fsp3) is 0.667. The van der Waals surface area contributed by atoms with Gasteiger partial charge in [-0.15, -0.1) is 0 Å². The zero-order valence-corrected chi connectivity index (χ0v) is 9.61. The van der Waals surface area contributed by atoms with Crippen LogP contribution in [0, 0.1) is 5.92 Å². The predicted molar refractivity (Wildman–Crippen MR) is 60.0 cm³/mol. The topological polar surface area (TPSA) is 55.1 Å². The summed E-state index contributed by atoms with van der Waals surface area (Å²) in [7, 11) is 0. The van der Waals surface area contributed by atoms with E-state index >= 15 is 0 Å². The molecule has 2 rings (SSSR count). The highest BCUT2D eigenvalue weighted by atomic mass is 16.5. The van der Waals surface area contributed by atoms with Gasteiger partial charge in [-0.2, -0.15) is 0 Å². The molecule has 0 aliphatic heterocycles. The standard InChI is InChI=1S/C12H18N2O2/c1-9-3-2-4-10(6-5-9)13-12(15)11-7-8-16-14-11/h7-10H,2-6H2,1H3,(H,13,15)/t9-,10-/m1/s1. The summed E-state index contributed by atoms with van der Waals surface area (Å²) >= 11 is 0. The molecule has 88 valence electrons. The van der Waals surface area contributed by atoms with Crippen LogP contribution in [0.15, 0.2) is 16.9 Å². The third-order valence-corrected chi connectivity index (χ3v) is 3.26. The number of aromatic nitrogens is 1. The number of hydrogen-bond donors (Lipinski definition) is 1. The predicted octanol–water partition coefficient (Wildman–Crippen LogP) is 2.37. The molecule has 0 bridgehead atoms. The molecule has 16 heavy (non-hydrogen) atoms.